The summed E-state index contributed by atoms with van der Waals surface area (Å²) in [7, 11) is 1.37. The van der Waals surface area contributed by atoms with Crippen LogP contribution in [0.4, 0.5) is 0 Å². The number of ether oxygens (including phenoxy) is 1. The lowest BCUT2D eigenvalue weighted by molar-refractivity contribution is -0.143. The molecule has 0 saturated carbocycles. The second kappa shape index (κ2) is 15.3. The van der Waals surface area contributed by atoms with Gasteiger partial charge in [0, 0.05) is 69.3 Å². The highest BCUT2D eigenvalue weighted by atomic mass is 16.5. The first kappa shape index (κ1) is 36.9. The Bertz CT molecular complexity index is 2110. The lowest BCUT2D eigenvalue weighted by Crippen LogP contribution is -2.44. The van der Waals surface area contributed by atoms with E-state index in [0.29, 0.717) is 12.1 Å². The van der Waals surface area contributed by atoms with E-state index in [1.165, 1.54) is 7.11 Å². The van der Waals surface area contributed by atoms with Crippen LogP contribution in [-0.2, 0) is 25.5 Å². The summed E-state index contributed by atoms with van der Waals surface area (Å²) in [5.41, 5.74) is 11.9. The highest BCUT2D eigenvalue weighted by Crippen LogP contribution is 2.41. The number of aryl methyl sites for hydroxylation is 3. The van der Waals surface area contributed by atoms with Crippen molar-refractivity contribution in [2.75, 3.05) is 7.11 Å². The Kier molecular flexibility index (Phi) is 11.1. The number of carboxylic acid groups (broad SMARTS) is 1. The van der Waals surface area contributed by atoms with Crippen molar-refractivity contribution in [3.8, 4) is 0 Å². The molecule has 51 heavy (non-hydrogen) atoms. The molecular formula is C39H45N5O7. The summed E-state index contributed by atoms with van der Waals surface area (Å²) in [6, 6.07) is 6.61. The minimum absolute atomic E-state index is 0.0393. The summed E-state index contributed by atoms with van der Waals surface area (Å²) in [6.07, 6.45) is 1.87. The van der Waals surface area contributed by atoms with E-state index in [9.17, 15) is 24.6 Å². The minimum Gasteiger partial charge on any atom is -0.481 e. The molecule has 0 saturated heterocycles. The Morgan fingerprint density at radius 2 is 1.59 bits per heavy atom. The summed E-state index contributed by atoms with van der Waals surface area (Å²) >= 11 is 0. The molecule has 8 bridgehead atoms. The predicted molar refractivity (Wildman–Crippen MR) is 196 cm³/mol. The maximum Gasteiger partial charge on any atom is 0.305 e. The van der Waals surface area contributed by atoms with Gasteiger partial charge in [-0.05, 0) is 80.1 Å². The molecule has 268 valence electrons. The number of nitrogens with one attached hydrogen (secondary N) is 3. The second-order valence-electron chi connectivity index (χ2n) is 13.1. The summed E-state index contributed by atoms with van der Waals surface area (Å²) in [5, 5.41) is 30.9. The van der Waals surface area contributed by atoms with Gasteiger partial charge in [-0.2, -0.15) is 0 Å². The normalized spacial score (nSPS) is 16.2. The Labute approximate surface area is 296 Å². The zero-order valence-corrected chi connectivity index (χ0v) is 29.6. The number of carboxylic acids is 1. The van der Waals surface area contributed by atoms with Crippen molar-refractivity contribution >= 4 is 57.1 Å². The van der Waals surface area contributed by atoms with Crippen LogP contribution in [0.3, 0.4) is 0 Å². The molecule has 0 fully saturated rings. The molecule has 2 unspecified atom stereocenters. The molecule has 12 heteroatoms. The number of allylic oxidation sites excluding steroid dienone is 3. The number of H-pyrrole nitrogens is 2. The van der Waals surface area contributed by atoms with Crippen LogP contribution < -0.4 is 5.32 Å². The molecule has 12 nitrogen and oxygen atoms in total. The van der Waals surface area contributed by atoms with Gasteiger partial charge in [0.25, 0.3) is 0 Å². The van der Waals surface area contributed by atoms with Crippen molar-refractivity contribution in [3.05, 3.63) is 88.5 Å². The fourth-order valence-electron chi connectivity index (χ4n) is 6.93. The number of aliphatic hydroxyl groups is 2. The van der Waals surface area contributed by atoms with Crippen LogP contribution in [0.2, 0.25) is 0 Å². The first-order valence-electron chi connectivity index (χ1n) is 16.9. The lowest BCUT2D eigenvalue weighted by Gasteiger charge is -2.18. The van der Waals surface area contributed by atoms with Crippen molar-refractivity contribution < 1.29 is 34.4 Å². The van der Waals surface area contributed by atoms with Crippen molar-refractivity contribution in [1.29, 1.82) is 0 Å². The quantitative estimate of drug-likeness (QED) is 0.101. The highest BCUT2D eigenvalue weighted by Gasteiger charge is 2.30. The van der Waals surface area contributed by atoms with Gasteiger partial charge in [0.05, 0.1) is 31.0 Å². The van der Waals surface area contributed by atoms with Crippen LogP contribution in [0.5, 0.6) is 0 Å². The number of rotatable bonds is 12. The van der Waals surface area contributed by atoms with Crippen LogP contribution in [0.1, 0.15) is 96.4 Å². The summed E-state index contributed by atoms with van der Waals surface area (Å²) < 4.78 is 4.96. The van der Waals surface area contributed by atoms with Gasteiger partial charge in [-0.1, -0.05) is 32.2 Å². The van der Waals surface area contributed by atoms with E-state index >= 15 is 0 Å². The average Bonchev–Trinajstić information content (AvgIpc) is 3.74. The molecule has 5 rings (SSSR count). The van der Waals surface area contributed by atoms with Gasteiger partial charge in [0.15, 0.2) is 6.29 Å². The number of hydrogen-bond donors (Lipinski definition) is 6. The predicted octanol–water partition coefficient (Wildman–Crippen LogP) is 5.73. The topological polar surface area (TPSA) is 191 Å². The first-order chi connectivity index (χ1) is 24.3. The molecule has 3 aromatic rings. The molecule has 0 aromatic carbocycles. The summed E-state index contributed by atoms with van der Waals surface area (Å²) in [5.74, 6) is -2.26. The molecule has 2 aliphatic heterocycles. The number of fused-ring (bicyclic) bond motifs is 8. The Morgan fingerprint density at radius 1 is 0.922 bits per heavy atom. The molecule has 3 aromatic heterocycles. The SMILES string of the molecule is C=CC1=C(C)c2cc3[nH]c(cc4nc(cc5[nH]c(cc1n2)c(C)c5CCC(=O)N[C@@H](CC(=O)O)C(O)O)C(CCC(=O)OC)C4C)c(C)c3C=C. The Morgan fingerprint density at radius 3 is 2.24 bits per heavy atom. The fourth-order valence-corrected chi connectivity index (χ4v) is 6.93. The van der Waals surface area contributed by atoms with E-state index in [4.69, 9.17) is 19.8 Å². The monoisotopic (exact) mass is 695 g/mol. The van der Waals surface area contributed by atoms with Crippen molar-refractivity contribution in [3.63, 3.8) is 0 Å². The highest BCUT2D eigenvalue weighted by molar-refractivity contribution is 5.97. The van der Waals surface area contributed by atoms with Gasteiger partial charge in [-0.15, -0.1) is 0 Å². The van der Waals surface area contributed by atoms with Crippen LogP contribution in [0, 0.1) is 13.8 Å². The number of aromatic nitrogens is 4. The maximum absolute atomic E-state index is 13.0. The Hall–Kier alpha value is -5.33. The molecule has 0 aliphatic carbocycles. The maximum atomic E-state index is 13.0. The number of aromatic amines is 2. The molecule has 2 aliphatic rings. The summed E-state index contributed by atoms with van der Waals surface area (Å²) in [4.78, 5) is 53.7. The number of amides is 1. The van der Waals surface area contributed by atoms with Crippen molar-refractivity contribution in [1.82, 2.24) is 25.3 Å². The number of esters is 1. The van der Waals surface area contributed by atoms with Crippen LogP contribution >= 0.6 is 0 Å². The fraction of sp³-hybridized carbons (Fsp3) is 0.359. The zero-order chi connectivity index (χ0) is 37.1. The van der Waals surface area contributed by atoms with E-state index in [2.05, 4.69) is 35.4 Å². The van der Waals surface area contributed by atoms with E-state index in [1.807, 2.05) is 51.1 Å². The minimum atomic E-state index is -2.03. The number of methoxy groups -OCH3 is 1. The van der Waals surface area contributed by atoms with E-state index < -0.39 is 30.6 Å². The van der Waals surface area contributed by atoms with Gasteiger partial charge in [-0.3, -0.25) is 19.4 Å². The van der Waals surface area contributed by atoms with Crippen LogP contribution in [-0.4, -0.2) is 72.5 Å². The van der Waals surface area contributed by atoms with Gasteiger partial charge < -0.3 is 35.3 Å². The third-order valence-corrected chi connectivity index (χ3v) is 9.98. The molecule has 0 spiro atoms. The van der Waals surface area contributed by atoms with Crippen molar-refractivity contribution in [2.24, 2.45) is 0 Å². The number of hydrogen-bond acceptors (Lipinski definition) is 8. The number of aliphatic carboxylic acids is 1. The molecule has 3 atom stereocenters. The molecular weight excluding hydrogens is 650 g/mol. The van der Waals surface area contributed by atoms with Gasteiger partial charge in [0.2, 0.25) is 5.91 Å². The smallest absolute Gasteiger partial charge is 0.305 e. The van der Waals surface area contributed by atoms with Gasteiger partial charge in [0.1, 0.15) is 0 Å². The first-order valence-corrected chi connectivity index (χ1v) is 16.9. The van der Waals surface area contributed by atoms with Crippen molar-refractivity contribution in [2.45, 2.75) is 84.0 Å². The van der Waals surface area contributed by atoms with Gasteiger partial charge in [-0.25, -0.2) is 4.98 Å². The number of aliphatic hydroxyl groups excluding tert-OH is 1. The molecule has 6 N–H and O–H groups in total. The number of nitrogens with zero attached hydrogens (tertiary/aromatic N) is 2. The standard InChI is InChI=1S/C39H45N5O7/c1-8-23-19(3)27-14-28-22(6)26(11-13-38(48)51-7)34(42-28)17-33-25(10-12-36(45)44-35(39(49)50)18-37(46)47)21(5)30(43-33)16-32-24(9-2)20(4)29(41-32)15-31(23)40-27/h8-9,14-17,22,26,35,39-40,43,49-50H,1-2,10-13,18H2,3-7H3,(H,44,45)(H,46,47)/t22?,26?,35-/m0/s1. The zero-order valence-electron chi connectivity index (χ0n) is 29.6. The Balaban J connectivity index is 1.75. The number of carbonyl (C=O) groups is 3. The van der Waals surface area contributed by atoms with Gasteiger partial charge >= 0.3 is 11.9 Å². The van der Waals surface area contributed by atoms with E-state index in [0.717, 1.165) is 72.5 Å². The lowest BCUT2D eigenvalue weighted by atomic mass is 9.87. The largest absolute Gasteiger partial charge is 0.481 e. The molecule has 1 amide bonds. The third kappa shape index (κ3) is 7.72. The van der Waals surface area contributed by atoms with Crippen LogP contribution in [0.25, 0.3) is 39.3 Å². The summed E-state index contributed by atoms with van der Waals surface area (Å²) in [6.45, 7) is 16.2. The van der Waals surface area contributed by atoms with E-state index in [-0.39, 0.29) is 37.1 Å². The average molecular weight is 696 g/mol. The number of carbonyl (C=O) groups excluding carboxylic acids is 2. The second-order valence-corrected chi connectivity index (χ2v) is 13.1. The van der Waals surface area contributed by atoms with Crippen LogP contribution in [0.15, 0.2) is 43.5 Å². The van der Waals surface area contributed by atoms with E-state index in [1.54, 1.807) is 6.08 Å². The third-order valence-electron chi connectivity index (χ3n) is 9.98. The molecule has 5 heterocycles. The molecule has 0 radical (unpaired) electrons.